The zero-order valence-corrected chi connectivity index (χ0v) is 20.5. The van der Waals surface area contributed by atoms with Crippen molar-refractivity contribution in [1.29, 1.82) is 0 Å². The largest absolute Gasteiger partial charge is 0.454 e. The summed E-state index contributed by atoms with van der Waals surface area (Å²) in [6.07, 6.45) is 1.81. The number of para-hydroxylation sites is 3. The summed E-state index contributed by atoms with van der Waals surface area (Å²) in [7, 11) is 0. The maximum atomic E-state index is 6.27. The molecule has 0 amide bonds. The molecule has 3 nitrogen and oxygen atoms in total. The molecule has 0 bridgehead atoms. The molecule has 0 unspecified atom stereocenters. The van der Waals surface area contributed by atoms with Crippen LogP contribution in [0.1, 0.15) is 0 Å². The number of pyridine rings is 1. The molecule has 0 fully saturated rings. The van der Waals surface area contributed by atoms with Gasteiger partial charge in [-0.05, 0) is 65.2 Å². The maximum absolute atomic E-state index is 6.27. The normalized spacial score (nSPS) is 11.7. The van der Waals surface area contributed by atoms with Crippen molar-refractivity contribution >= 4 is 43.9 Å². The van der Waals surface area contributed by atoms with E-state index < -0.39 is 0 Å². The topological polar surface area (TPSA) is 31.0 Å². The molecule has 178 valence electrons. The maximum Gasteiger partial charge on any atom is 0.153 e. The van der Waals surface area contributed by atoms with Crippen molar-refractivity contribution in [3.8, 4) is 27.9 Å². The Hall–Kier alpha value is -5.15. The van der Waals surface area contributed by atoms with Gasteiger partial charge in [0.2, 0.25) is 0 Å². The van der Waals surface area contributed by atoms with Gasteiger partial charge in [0.1, 0.15) is 11.1 Å². The molecule has 3 heterocycles. The third-order valence-corrected chi connectivity index (χ3v) is 7.44. The number of hydrogen-bond donors (Lipinski definition) is 0. The van der Waals surface area contributed by atoms with Gasteiger partial charge in [0.15, 0.2) is 5.58 Å². The molecule has 0 saturated heterocycles. The summed E-state index contributed by atoms with van der Waals surface area (Å²) in [5, 5.41) is 3.57. The second kappa shape index (κ2) is 8.19. The molecule has 3 aromatic heterocycles. The van der Waals surface area contributed by atoms with Gasteiger partial charge < -0.3 is 8.98 Å². The van der Waals surface area contributed by atoms with Gasteiger partial charge in [-0.1, -0.05) is 78.9 Å². The fourth-order valence-electron chi connectivity index (χ4n) is 5.74. The predicted octanol–water partition coefficient (Wildman–Crippen LogP) is 9.41. The van der Waals surface area contributed by atoms with E-state index in [0.717, 1.165) is 44.4 Å². The molecule has 0 aliphatic rings. The van der Waals surface area contributed by atoms with E-state index in [9.17, 15) is 0 Å². The van der Waals surface area contributed by atoms with Crippen LogP contribution in [-0.4, -0.2) is 9.55 Å². The number of aromatic nitrogens is 2. The number of nitrogens with zero attached hydrogens (tertiary/aromatic N) is 2. The van der Waals surface area contributed by atoms with Gasteiger partial charge in [-0.3, -0.25) is 4.98 Å². The van der Waals surface area contributed by atoms with E-state index in [2.05, 4.69) is 125 Å². The highest BCUT2D eigenvalue weighted by molar-refractivity contribution is 6.09. The van der Waals surface area contributed by atoms with Crippen LogP contribution in [-0.2, 0) is 0 Å². The Bertz CT molecular complexity index is 2090. The zero-order chi connectivity index (χ0) is 25.1. The van der Waals surface area contributed by atoms with Crippen molar-refractivity contribution in [2.24, 2.45) is 0 Å². The van der Waals surface area contributed by atoms with Gasteiger partial charge >= 0.3 is 0 Å². The highest BCUT2D eigenvalue weighted by Crippen LogP contribution is 2.37. The number of hydrogen-bond acceptors (Lipinski definition) is 2. The molecule has 0 atom stereocenters. The van der Waals surface area contributed by atoms with Crippen molar-refractivity contribution in [1.82, 2.24) is 9.55 Å². The summed E-state index contributed by atoms with van der Waals surface area (Å²) in [6.45, 7) is 0. The van der Waals surface area contributed by atoms with Gasteiger partial charge in [-0.25, -0.2) is 0 Å². The third-order valence-electron chi connectivity index (χ3n) is 7.44. The summed E-state index contributed by atoms with van der Waals surface area (Å²) in [4.78, 5) is 4.55. The van der Waals surface area contributed by atoms with Crippen molar-refractivity contribution < 1.29 is 4.42 Å². The highest BCUT2D eigenvalue weighted by Gasteiger charge is 2.14. The first-order valence-corrected chi connectivity index (χ1v) is 12.8. The average molecular weight is 487 g/mol. The summed E-state index contributed by atoms with van der Waals surface area (Å²) >= 11 is 0. The number of benzene rings is 5. The van der Waals surface area contributed by atoms with E-state index in [4.69, 9.17) is 4.42 Å². The molecule has 0 radical (unpaired) electrons. The minimum Gasteiger partial charge on any atom is -0.454 e. The predicted molar refractivity (Wildman–Crippen MR) is 157 cm³/mol. The Labute approximate surface area is 219 Å². The smallest absolute Gasteiger partial charge is 0.153 e. The molecule has 0 aliphatic heterocycles. The molecule has 0 spiro atoms. The van der Waals surface area contributed by atoms with Crippen LogP contribution in [0.2, 0.25) is 0 Å². The summed E-state index contributed by atoms with van der Waals surface area (Å²) in [5.41, 5.74) is 10.7. The van der Waals surface area contributed by atoms with Crippen LogP contribution in [0, 0.1) is 0 Å². The molecular weight excluding hydrogens is 464 g/mol. The molecule has 3 heteroatoms. The molecule has 5 aromatic carbocycles. The minimum atomic E-state index is 0.810. The second-order valence-corrected chi connectivity index (χ2v) is 9.64. The lowest BCUT2D eigenvalue weighted by atomic mass is 9.97. The van der Waals surface area contributed by atoms with Crippen molar-refractivity contribution in [3.63, 3.8) is 0 Å². The van der Waals surface area contributed by atoms with E-state index >= 15 is 0 Å². The first-order valence-electron chi connectivity index (χ1n) is 12.8. The van der Waals surface area contributed by atoms with Gasteiger partial charge in [0.25, 0.3) is 0 Å². The van der Waals surface area contributed by atoms with Crippen molar-refractivity contribution in [3.05, 3.63) is 134 Å². The van der Waals surface area contributed by atoms with E-state index in [1.165, 1.54) is 27.4 Å². The fraction of sp³-hybridized carbons (Fsp3) is 0. The molecule has 0 N–H and O–H groups in total. The SMILES string of the molecule is c1cc(-c2cccc(-n3c4ccccc4c4ccccc43)c2)cc(-c2cccc3c2oc2cccnc23)c1. The monoisotopic (exact) mass is 486 g/mol. The van der Waals surface area contributed by atoms with Crippen LogP contribution in [0.5, 0.6) is 0 Å². The van der Waals surface area contributed by atoms with Crippen LogP contribution in [0.15, 0.2) is 138 Å². The summed E-state index contributed by atoms with van der Waals surface area (Å²) in [6, 6.07) is 44.9. The quantitative estimate of drug-likeness (QED) is 0.249. The lowest BCUT2D eigenvalue weighted by Gasteiger charge is -2.11. The fourth-order valence-corrected chi connectivity index (χ4v) is 5.74. The Kier molecular flexibility index (Phi) is 4.52. The summed E-state index contributed by atoms with van der Waals surface area (Å²) in [5.74, 6) is 0. The standard InChI is InChI=1S/C35H22N2O/c1-3-17-31-28(13-1)29-14-2-4-18-32(29)37(31)26-12-6-10-24(22-26)23-9-5-11-25(21-23)27-15-7-16-30-34-33(38-35(27)30)19-8-20-36-34/h1-22H. The Morgan fingerprint density at radius 3 is 2.00 bits per heavy atom. The van der Waals surface area contributed by atoms with Gasteiger partial charge in [0, 0.05) is 33.6 Å². The first-order chi connectivity index (χ1) is 18.8. The van der Waals surface area contributed by atoms with Crippen molar-refractivity contribution in [2.75, 3.05) is 0 Å². The Morgan fingerprint density at radius 1 is 0.526 bits per heavy atom. The molecule has 0 saturated carbocycles. The highest BCUT2D eigenvalue weighted by atomic mass is 16.3. The van der Waals surface area contributed by atoms with Gasteiger partial charge in [-0.2, -0.15) is 0 Å². The number of rotatable bonds is 3. The lowest BCUT2D eigenvalue weighted by Crippen LogP contribution is -1.94. The van der Waals surface area contributed by atoms with Crippen LogP contribution in [0.4, 0.5) is 0 Å². The van der Waals surface area contributed by atoms with Crippen LogP contribution < -0.4 is 0 Å². The molecule has 8 aromatic rings. The average Bonchev–Trinajstić information content (AvgIpc) is 3.53. The van der Waals surface area contributed by atoms with E-state index in [-0.39, 0.29) is 0 Å². The van der Waals surface area contributed by atoms with E-state index in [1.54, 1.807) is 0 Å². The molecule has 8 rings (SSSR count). The van der Waals surface area contributed by atoms with E-state index in [0.29, 0.717) is 0 Å². The lowest BCUT2D eigenvalue weighted by molar-refractivity contribution is 0.669. The molecular formula is C35H22N2O. The Balaban J connectivity index is 1.28. The van der Waals surface area contributed by atoms with Crippen LogP contribution in [0.3, 0.4) is 0 Å². The zero-order valence-electron chi connectivity index (χ0n) is 20.5. The summed E-state index contributed by atoms with van der Waals surface area (Å²) < 4.78 is 8.63. The molecule has 0 aliphatic carbocycles. The number of furan rings is 1. The van der Waals surface area contributed by atoms with Crippen LogP contribution >= 0.6 is 0 Å². The Morgan fingerprint density at radius 2 is 1.18 bits per heavy atom. The van der Waals surface area contributed by atoms with Crippen molar-refractivity contribution in [2.45, 2.75) is 0 Å². The first kappa shape index (κ1) is 21.0. The molecule has 38 heavy (non-hydrogen) atoms. The van der Waals surface area contributed by atoms with Gasteiger partial charge in [-0.15, -0.1) is 0 Å². The second-order valence-electron chi connectivity index (χ2n) is 9.64. The third kappa shape index (κ3) is 3.12. The van der Waals surface area contributed by atoms with E-state index in [1.807, 2.05) is 18.3 Å². The number of fused-ring (bicyclic) bond motifs is 6. The van der Waals surface area contributed by atoms with Gasteiger partial charge in [0.05, 0.1) is 11.0 Å². The van der Waals surface area contributed by atoms with Crippen LogP contribution in [0.25, 0.3) is 71.8 Å². The minimum absolute atomic E-state index is 0.810.